The molecule has 0 amide bonds. The van der Waals surface area contributed by atoms with E-state index < -0.39 is 18.0 Å². The highest BCUT2D eigenvalue weighted by Gasteiger charge is 2.33. The molecule has 10 heteroatoms. The molecule has 1 aromatic carbocycles. The van der Waals surface area contributed by atoms with Gasteiger partial charge >= 0.3 is 6.61 Å². The summed E-state index contributed by atoms with van der Waals surface area (Å²) in [6.45, 7) is 5.34. The molecule has 2 aliphatic rings. The van der Waals surface area contributed by atoms with E-state index >= 15 is 0 Å². The maximum absolute atomic E-state index is 14.7. The van der Waals surface area contributed by atoms with Crippen molar-refractivity contribution in [3.05, 3.63) is 41.8 Å². The van der Waals surface area contributed by atoms with Crippen molar-refractivity contribution in [2.75, 3.05) is 23.7 Å². The second-order valence-electron chi connectivity index (χ2n) is 12.7. The zero-order chi connectivity index (χ0) is 30.1. The molecule has 2 fully saturated rings. The number of aromatic nitrogens is 2. The van der Waals surface area contributed by atoms with Gasteiger partial charge in [-0.15, -0.1) is 0 Å². The van der Waals surface area contributed by atoms with Crippen LogP contribution >= 0.6 is 0 Å². The Hall–Kier alpha value is -2.59. The quantitative estimate of drug-likeness (QED) is 0.188. The number of benzene rings is 1. The predicted octanol–water partition coefficient (Wildman–Crippen LogP) is 6.99. The van der Waals surface area contributed by atoms with Gasteiger partial charge in [-0.1, -0.05) is 38.0 Å². The van der Waals surface area contributed by atoms with Gasteiger partial charge in [0.1, 0.15) is 5.75 Å². The van der Waals surface area contributed by atoms with Gasteiger partial charge in [0.2, 0.25) is 5.95 Å². The molecular weight excluding hydrogens is 543 g/mol. The highest BCUT2D eigenvalue weighted by Crippen LogP contribution is 2.38. The zero-order valence-electron chi connectivity index (χ0n) is 25.2. The minimum absolute atomic E-state index is 0.0737. The summed E-state index contributed by atoms with van der Waals surface area (Å²) in [6.07, 6.45) is 10.8. The maximum atomic E-state index is 14.7. The van der Waals surface area contributed by atoms with Crippen molar-refractivity contribution in [3.63, 3.8) is 0 Å². The third-order valence-corrected chi connectivity index (χ3v) is 9.18. The summed E-state index contributed by atoms with van der Waals surface area (Å²) in [5.41, 5.74) is 0.0177. The fourth-order valence-electron chi connectivity index (χ4n) is 6.71. The molecule has 7 nitrogen and oxygen atoms in total. The minimum Gasteiger partial charge on any atom is -0.434 e. The Bertz CT molecular complexity index is 1110. The molecule has 1 unspecified atom stereocenters. The van der Waals surface area contributed by atoms with Gasteiger partial charge in [-0.3, -0.25) is 0 Å². The van der Waals surface area contributed by atoms with Crippen LogP contribution in [-0.2, 0) is 6.54 Å². The standard InChI is InChI=1S/C32H48F3N5O2/c1-4-7-23-14-24(16-26(15-23)21(2)36-17-22-10-12-32(3,41)13-11-22)18-37-29-27(33)20-39-31(40-29)38-19-25-8-5-6-9-28(25)42-30(34)35/h5-6,8-9,20-24,26,30,36,41H,4,7,10-19H2,1-3H3,(H2,37,38,39,40)/t21-,22-,23?,24+,26+,32-/m0/s1. The van der Waals surface area contributed by atoms with Crippen LogP contribution in [0.1, 0.15) is 84.1 Å². The third-order valence-electron chi connectivity index (χ3n) is 9.18. The van der Waals surface area contributed by atoms with Crippen molar-refractivity contribution in [1.29, 1.82) is 0 Å². The molecule has 4 atom stereocenters. The van der Waals surface area contributed by atoms with Gasteiger partial charge in [-0.2, -0.15) is 13.8 Å². The van der Waals surface area contributed by atoms with Crippen molar-refractivity contribution in [2.45, 2.75) is 103 Å². The molecule has 0 spiro atoms. The molecule has 0 bridgehead atoms. The van der Waals surface area contributed by atoms with Gasteiger partial charge in [-0.05, 0) is 95.1 Å². The van der Waals surface area contributed by atoms with E-state index in [0.717, 1.165) is 57.7 Å². The van der Waals surface area contributed by atoms with Crippen molar-refractivity contribution >= 4 is 11.8 Å². The van der Waals surface area contributed by atoms with Crippen molar-refractivity contribution in [1.82, 2.24) is 15.3 Å². The summed E-state index contributed by atoms with van der Waals surface area (Å²) in [5.74, 6) is 2.11. The molecule has 0 saturated heterocycles. The lowest BCUT2D eigenvalue weighted by Crippen LogP contribution is -2.42. The molecular formula is C32H48F3N5O2. The summed E-state index contributed by atoms with van der Waals surface area (Å²) in [5, 5.41) is 20.3. The molecule has 1 heterocycles. The van der Waals surface area contributed by atoms with E-state index in [1.165, 1.54) is 18.9 Å². The van der Waals surface area contributed by atoms with Crippen LogP contribution in [0.15, 0.2) is 30.5 Å². The highest BCUT2D eigenvalue weighted by atomic mass is 19.3. The first-order chi connectivity index (χ1) is 20.1. The molecule has 2 aromatic rings. The van der Waals surface area contributed by atoms with Gasteiger partial charge in [0.05, 0.1) is 11.8 Å². The number of aliphatic hydroxyl groups is 1. The van der Waals surface area contributed by atoms with E-state index in [0.29, 0.717) is 41.8 Å². The van der Waals surface area contributed by atoms with E-state index in [4.69, 9.17) is 0 Å². The number of anilines is 2. The number of hydrogen-bond donors (Lipinski definition) is 4. The van der Waals surface area contributed by atoms with Crippen LogP contribution in [0.2, 0.25) is 0 Å². The SMILES string of the molecule is CCCC1C[C@@H](CNc2nc(NCc3ccccc3OC(F)F)ncc2F)C[C@H]([C@H](C)NC[C@H]2CC[C@](C)(O)CC2)C1. The Morgan fingerprint density at radius 3 is 2.52 bits per heavy atom. The lowest BCUT2D eigenvalue weighted by molar-refractivity contribution is -0.0504. The summed E-state index contributed by atoms with van der Waals surface area (Å²) in [7, 11) is 0. The molecule has 0 radical (unpaired) electrons. The van der Waals surface area contributed by atoms with E-state index in [-0.39, 0.29) is 24.1 Å². The molecule has 42 heavy (non-hydrogen) atoms. The van der Waals surface area contributed by atoms with Gasteiger partial charge in [0.15, 0.2) is 11.6 Å². The molecule has 2 aliphatic carbocycles. The molecule has 2 saturated carbocycles. The number of nitrogens with one attached hydrogen (secondary N) is 3. The molecule has 234 valence electrons. The van der Waals surface area contributed by atoms with Crippen molar-refractivity contribution in [2.24, 2.45) is 23.7 Å². The number of hydrogen-bond acceptors (Lipinski definition) is 7. The summed E-state index contributed by atoms with van der Waals surface area (Å²) in [6, 6.07) is 6.91. The van der Waals surface area contributed by atoms with E-state index in [1.807, 2.05) is 6.92 Å². The fourth-order valence-corrected chi connectivity index (χ4v) is 6.71. The number of alkyl halides is 2. The van der Waals surface area contributed by atoms with Crippen molar-refractivity contribution < 1.29 is 23.0 Å². The number of nitrogens with zero attached hydrogens (tertiary/aromatic N) is 2. The van der Waals surface area contributed by atoms with Crippen LogP contribution in [0.4, 0.5) is 24.9 Å². The zero-order valence-corrected chi connectivity index (χ0v) is 25.2. The average Bonchev–Trinajstić information content (AvgIpc) is 2.96. The number of ether oxygens (including phenoxy) is 1. The summed E-state index contributed by atoms with van der Waals surface area (Å²) >= 11 is 0. The van der Waals surface area contributed by atoms with Crippen LogP contribution < -0.4 is 20.7 Å². The van der Waals surface area contributed by atoms with Gasteiger partial charge in [0, 0.05) is 24.7 Å². The van der Waals surface area contributed by atoms with E-state index in [2.05, 4.69) is 44.5 Å². The first-order valence-corrected chi connectivity index (χ1v) is 15.6. The second-order valence-corrected chi connectivity index (χ2v) is 12.7. The molecule has 4 N–H and O–H groups in total. The second kappa shape index (κ2) is 15.2. The molecule has 0 aliphatic heterocycles. The van der Waals surface area contributed by atoms with E-state index in [9.17, 15) is 18.3 Å². The number of para-hydroxylation sites is 1. The minimum atomic E-state index is -2.92. The largest absolute Gasteiger partial charge is 0.434 e. The van der Waals surface area contributed by atoms with Gasteiger partial charge in [0.25, 0.3) is 0 Å². The van der Waals surface area contributed by atoms with Gasteiger partial charge < -0.3 is 25.8 Å². The Labute approximate surface area is 248 Å². The maximum Gasteiger partial charge on any atom is 0.387 e. The first-order valence-electron chi connectivity index (χ1n) is 15.6. The molecule has 4 rings (SSSR count). The lowest BCUT2D eigenvalue weighted by atomic mass is 9.71. The third kappa shape index (κ3) is 9.73. The smallest absolute Gasteiger partial charge is 0.387 e. The van der Waals surface area contributed by atoms with Crippen LogP contribution in [0.25, 0.3) is 0 Å². The normalized spacial score (nSPS) is 27.0. The van der Waals surface area contributed by atoms with Crippen LogP contribution in [-0.4, -0.2) is 46.4 Å². The number of halogens is 3. The Morgan fingerprint density at radius 2 is 1.79 bits per heavy atom. The Balaban J connectivity index is 1.31. The van der Waals surface area contributed by atoms with Crippen LogP contribution in [0.3, 0.4) is 0 Å². The summed E-state index contributed by atoms with van der Waals surface area (Å²) in [4.78, 5) is 8.37. The lowest BCUT2D eigenvalue weighted by Gasteiger charge is -2.39. The number of rotatable bonds is 14. The fraction of sp³-hybridized carbons (Fsp3) is 0.688. The van der Waals surface area contributed by atoms with Crippen molar-refractivity contribution in [3.8, 4) is 5.75 Å². The predicted molar refractivity (Wildman–Crippen MR) is 160 cm³/mol. The van der Waals surface area contributed by atoms with Crippen LogP contribution in [0, 0.1) is 29.5 Å². The monoisotopic (exact) mass is 591 g/mol. The topological polar surface area (TPSA) is 91.3 Å². The first kappa shape index (κ1) is 32.3. The highest BCUT2D eigenvalue weighted by molar-refractivity contribution is 5.42. The summed E-state index contributed by atoms with van der Waals surface area (Å²) < 4.78 is 44.8. The van der Waals surface area contributed by atoms with Gasteiger partial charge in [-0.25, -0.2) is 9.37 Å². The Kier molecular flexibility index (Phi) is 11.7. The van der Waals surface area contributed by atoms with Crippen LogP contribution in [0.5, 0.6) is 5.75 Å². The average molecular weight is 592 g/mol. The molecule has 1 aromatic heterocycles. The Morgan fingerprint density at radius 1 is 1.05 bits per heavy atom. The van der Waals surface area contributed by atoms with E-state index in [1.54, 1.807) is 18.2 Å².